The lowest BCUT2D eigenvalue weighted by atomic mass is 10.0. The van der Waals surface area contributed by atoms with Gasteiger partial charge in [0.15, 0.2) is 12.2 Å². The van der Waals surface area contributed by atoms with E-state index in [2.05, 4.69) is 48.5 Å². The van der Waals surface area contributed by atoms with Crippen LogP contribution >= 0.6 is 15.6 Å². The van der Waals surface area contributed by atoms with Gasteiger partial charge < -0.3 is 33.8 Å². The van der Waals surface area contributed by atoms with E-state index in [1.807, 2.05) is 0 Å². The predicted octanol–water partition coefficient (Wildman–Crippen LogP) is 24.1. The molecular formula is C81H158O17P2. The topological polar surface area (TPSA) is 237 Å². The molecule has 0 heterocycles. The summed E-state index contributed by atoms with van der Waals surface area (Å²) in [5, 5.41) is 10.6. The van der Waals surface area contributed by atoms with E-state index in [9.17, 15) is 43.2 Å². The molecule has 0 spiro atoms. The number of carbonyl (C=O) groups is 4. The monoisotopic (exact) mass is 1470 g/mol. The van der Waals surface area contributed by atoms with Crippen LogP contribution in [0.3, 0.4) is 0 Å². The van der Waals surface area contributed by atoms with E-state index in [1.54, 1.807) is 0 Å². The van der Waals surface area contributed by atoms with Gasteiger partial charge in [-0.3, -0.25) is 37.3 Å². The van der Waals surface area contributed by atoms with Crippen LogP contribution in [0.4, 0.5) is 0 Å². The van der Waals surface area contributed by atoms with E-state index in [0.29, 0.717) is 31.6 Å². The summed E-state index contributed by atoms with van der Waals surface area (Å²) < 4.78 is 68.7. The molecule has 100 heavy (non-hydrogen) atoms. The third-order valence-electron chi connectivity index (χ3n) is 18.9. The molecule has 0 saturated heterocycles. The summed E-state index contributed by atoms with van der Waals surface area (Å²) >= 11 is 0. The Morgan fingerprint density at radius 2 is 0.460 bits per heavy atom. The Hall–Kier alpha value is -1.94. The minimum atomic E-state index is -4.96. The van der Waals surface area contributed by atoms with E-state index < -0.39 is 97.5 Å². The minimum absolute atomic E-state index is 0.105. The first-order valence-electron chi connectivity index (χ1n) is 41.8. The van der Waals surface area contributed by atoms with E-state index in [0.717, 1.165) is 108 Å². The predicted molar refractivity (Wildman–Crippen MR) is 409 cm³/mol. The maximum absolute atomic E-state index is 13.1. The molecule has 594 valence electrons. The average molecular weight is 1470 g/mol. The van der Waals surface area contributed by atoms with Crippen molar-refractivity contribution in [1.29, 1.82) is 0 Å². The molecule has 0 aliphatic carbocycles. The fourth-order valence-electron chi connectivity index (χ4n) is 12.5. The number of phosphoric ester groups is 2. The fourth-order valence-corrected chi connectivity index (χ4v) is 14.1. The van der Waals surface area contributed by atoms with Crippen molar-refractivity contribution in [2.75, 3.05) is 39.6 Å². The highest BCUT2D eigenvalue weighted by molar-refractivity contribution is 7.47. The average Bonchev–Trinajstić information content (AvgIpc) is 0.940. The van der Waals surface area contributed by atoms with Crippen molar-refractivity contribution in [3.05, 3.63) is 0 Å². The molecular weight excluding hydrogens is 1310 g/mol. The lowest BCUT2D eigenvalue weighted by Gasteiger charge is -2.21. The normalized spacial score (nSPS) is 14.0. The number of ether oxygens (including phenoxy) is 4. The first kappa shape index (κ1) is 98.1. The molecule has 0 rings (SSSR count). The molecule has 19 heteroatoms. The van der Waals surface area contributed by atoms with Crippen LogP contribution in [0.25, 0.3) is 0 Å². The molecule has 0 fully saturated rings. The van der Waals surface area contributed by atoms with Gasteiger partial charge >= 0.3 is 39.5 Å². The Kier molecular flexibility index (Phi) is 69.9. The number of carbonyl (C=O) groups excluding carboxylic acids is 4. The minimum Gasteiger partial charge on any atom is -0.462 e. The molecule has 5 atom stereocenters. The summed E-state index contributed by atoms with van der Waals surface area (Å²) in [4.78, 5) is 73.0. The van der Waals surface area contributed by atoms with Crippen molar-refractivity contribution in [2.45, 2.75) is 439 Å². The molecule has 2 unspecified atom stereocenters. The molecule has 17 nitrogen and oxygen atoms in total. The van der Waals surface area contributed by atoms with Crippen LogP contribution in [-0.4, -0.2) is 96.7 Å². The molecule has 0 aromatic heterocycles. The maximum atomic E-state index is 13.1. The SMILES string of the molecule is CCCCCCCCCCCCCCCCCCCCC(=O)OC[C@H](COP(=O)(O)OC[C@@H](O)COP(=O)(O)OC[C@@H](COC(=O)CCCCCCCCCC(C)C)OC(=O)CCCCCCCCCCCCC(C)C)OC(=O)CCCCCCCCCCCCCCCCCCC(C)C. The van der Waals surface area contributed by atoms with Crippen molar-refractivity contribution in [1.82, 2.24) is 0 Å². The number of hydrogen-bond acceptors (Lipinski definition) is 15. The van der Waals surface area contributed by atoms with Gasteiger partial charge in [-0.2, -0.15) is 0 Å². The second-order valence-corrected chi connectivity index (χ2v) is 33.5. The summed E-state index contributed by atoms with van der Waals surface area (Å²) in [5.74, 6) is 0.154. The largest absolute Gasteiger partial charge is 0.472 e. The number of esters is 4. The summed E-state index contributed by atoms with van der Waals surface area (Å²) in [5.41, 5.74) is 0. The van der Waals surface area contributed by atoms with Crippen LogP contribution in [0.5, 0.6) is 0 Å². The highest BCUT2D eigenvalue weighted by Gasteiger charge is 2.30. The zero-order valence-corrected chi connectivity index (χ0v) is 67.5. The fraction of sp³-hybridized carbons (Fsp3) is 0.951. The molecule has 0 aromatic rings. The summed E-state index contributed by atoms with van der Waals surface area (Å²) in [6.07, 6.45) is 59.8. The van der Waals surface area contributed by atoms with Gasteiger partial charge in [-0.15, -0.1) is 0 Å². The van der Waals surface area contributed by atoms with Crippen molar-refractivity contribution >= 4 is 39.5 Å². The van der Waals surface area contributed by atoms with Gasteiger partial charge in [0.25, 0.3) is 0 Å². The van der Waals surface area contributed by atoms with Gasteiger partial charge in [-0.25, -0.2) is 9.13 Å². The second-order valence-electron chi connectivity index (χ2n) is 30.6. The molecule has 0 amide bonds. The van der Waals surface area contributed by atoms with E-state index >= 15 is 0 Å². The van der Waals surface area contributed by atoms with Gasteiger partial charge in [0.2, 0.25) is 0 Å². The van der Waals surface area contributed by atoms with Gasteiger partial charge in [-0.1, -0.05) is 370 Å². The van der Waals surface area contributed by atoms with Crippen molar-refractivity contribution < 1.29 is 80.2 Å². The molecule has 0 aromatic carbocycles. The number of aliphatic hydroxyl groups excluding tert-OH is 1. The highest BCUT2D eigenvalue weighted by Crippen LogP contribution is 2.45. The van der Waals surface area contributed by atoms with Gasteiger partial charge in [-0.05, 0) is 43.4 Å². The number of phosphoric acid groups is 2. The summed E-state index contributed by atoms with van der Waals surface area (Å²) in [7, 11) is -9.92. The summed E-state index contributed by atoms with van der Waals surface area (Å²) in [6.45, 7) is 11.9. The van der Waals surface area contributed by atoms with E-state index in [1.165, 1.54) is 225 Å². The summed E-state index contributed by atoms with van der Waals surface area (Å²) in [6, 6.07) is 0. The first-order chi connectivity index (χ1) is 48.2. The molecule has 0 bridgehead atoms. The highest BCUT2D eigenvalue weighted by atomic mass is 31.2. The Balaban J connectivity index is 5.23. The second kappa shape index (κ2) is 71.3. The van der Waals surface area contributed by atoms with Crippen LogP contribution in [0.1, 0.15) is 421 Å². The molecule has 0 radical (unpaired) electrons. The van der Waals surface area contributed by atoms with Crippen LogP contribution in [0.2, 0.25) is 0 Å². The Bertz CT molecular complexity index is 1940. The van der Waals surface area contributed by atoms with Crippen LogP contribution in [-0.2, 0) is 65.4 Å². The van der Waals surface area contributed by atoms with Crippen molar-refractivity contribution in [3.63, 3.8) is 0 Å². The van der Waals surface area contributed by atoms with Crippen molar-refractivity contribution in [3.8, 4) is 0 Å². The quantitative estimate of drug-likeness (QED) is 0.0222. The van der Waals surface area contributed by atoms with Gasteiger partial charge in [0.05, 0.1) is 26.4 Å². The number of rotatable bonds is 79. The number of hydrogen-bond donors (Lipinski definition) is 3. The molecule has 0 aliphatic heterocycles. The van der Waals surface area contributed by atoms with Crippen LogP contribution in [0.15, 0.2) is 0 Å². The Morgan fingerprint density at radius 3 is 0.680 bits per heavy atom. The Morgan fingerprint density at radius 1 is 0.270 bits per heavy atom. The van der Waals surface area contributed by atoms with Gasteiger partial charge in [0.1, 0.15) is 19.3 Å². The molecule has 3 N–H and O–H groups in total. The maximum Gasteiger partial charge on any atom is 0.472 e. The van der Waals surface area contributed by atoms with Crippen LogP contribution < -0.4 is 0 Å². The standard InChI is InChI=1S/C81H158O17P2/c1-8-9-10-11-12-13-14-15-16-17-18-22-25-28-34-41-48-55-62-78(83)91-68-76(97-80(85)64-57-50-42-35-29-26-23-20-19-21-24-27-32-38-45-52-59-72(2)3)70-95-99(87,88)93-66-75(82)67-94-100(89,90)96-71-77(69-92-79(84)63-56-49-44-37-40-47-54-61-74(6)7)98-81(86)65-58-51-43-36-31-30-33-39-46-53-60-73(4)5/h72-77,82H,8-71H2,1-7H3,(H,87,88)(H,89,90)/t75-,76-,77-/m1/s1. The zero-order valence-electron chi connectivity index (χ0n) is 65.7. The zero-order chi connectivity index (χ0) is 73.7. The molecule has 0 saturated carbocycles. The lowest BCUT2D eigenvalue weighted by Crippen LogP contribution is -2.30. The van der Waals surface area contributed by atoms with E-state index in [4.69, 9.17) is 37.0 Å². The smallest absolute Gasteiger partial charge is 0.462 e. The lowest BCUT2D eigenvalue weighted by molar-refractivity contribution is -0.161. The third kappa shape index (κ3) is 74.3. The molecule has 0 aliphatic rings. The van der Waals surface area contributed by atoms with E-state index in [-0.39, 0.29) is 25.7 Å². The van der Waals surface area contributed by atoms with Crippen molar-refractivity contribution in [2.24, 2.45) is 17.8 Å². The van der Waals surface area contributed by atoms with Crippen LogP contribution in [0, 0.1) is 17.8 Å². The number of unbranched alkanes of at least 4 members (excludes halogenated alkanes) is 47. The Labute approximate surface area is 613 Å². The van der Waals surface area contributed by atoms with Gasteiger partial charge in [0, 0.05) is 25.7 Å². The first-order valence-corrected chi connectivity index (χ1v) is 44.8. The number of aliphatic hydroxyl groups is 1. The third-order valence-corrected chi connectivity index (χ3v) is 20.8.